The van der Waals surface area contributed by atoms with Gasteiger partial charge in [0.2, 0.25) is 0 Å². The van der Waals surface area contributed by atoms with Crippen LogP contribution in [0.2, 0.25) is 0 Å². The maximum absolute atomic E-state index is 5.55. The Hall–Kier alpha value is 1.14. The molecule has 1 unspecified atom stereocenters. The molecule has 42 valence electrons. The van der Waals surface area contributed by atoms with Crippen molar-refractivity contribution in [3.05, 3.63) is 0 Å². The summed E-state index contributed by atoms with van der Waals surface area (Å²) in [6.07, 6.45) is 2.10. The first-order chi connectivity index (χ1) is 3.13. The van der Waals surface area contributed by atoms with Crippen LogP contribution in [-0.4, -0.2) is 22.5 Å². The third-order valence-corrected chi connectivity index (χ3v) is 2.80. The van der Waals surface area contributed by atoms with E-state index >= 15 is 0 Å². The summed E-state index contributed by atoms with van der Waals surface area (Å²) in [5.41, 5.74) is 0. The molecule has 0 aliphatic rings. The molecule has 0 heterocycles. The molecule has 0 amide bonds. The van der Waals surface area contributed by atoms with Crippen LogP contribution in [0.4, 0.5) is 0 Å². The van der Waals surface area contributed by atoms with Crippen molar-refractivity contribution in [1.29, 1.82) is 0 Å². The molecule has 0 aromatic rings. The average Bonchev–Trinajstić information content (AvgIpc) is 1.27. The summed E-state index contributed by atoms with van der Waals surface area (Å²) >= 11 is 2.39. The van der Waals surface area contributed by atoms with E-state index in [1.807, 2.05) is 0 Å². The van der Waals surface area contributed by atoms with Crippen molar-refractivity contribution in [3.63, 3.8) is 0 Å². The topological polar surface area (TPSA) is 0 Å². The molecule has 0 nitrogen and oxygen atoms in total. The Morgan fingerprint density at radius 1 is 1.86 bits per heavy atom. The van der Waals surface area contributed by atoms with Crippen LogP contribution < -0.4 is 0 Å². The molecule has 7 heavy (non-hydrogen) atoms. The fraction of sp³-hybridized carbons (Fsp3) is 1.00. The number of hydrogen-bond acceptors (Lipinski definition) is 0. The molecule has 2 atom stereocenters. The normalized spacial score (nSPS) is 19.0. The molecule has 0 aromatic heterocycles. The van der Waals surface area contributed by atoms with E-state index in [-0.39, 0.29) is 10.1 Å². The fourth-order valence-corrected chi connectivity index (χ4v) is 3.05. The monoisotopic (exact) mass is 228 g/mol. The van der Waals surface area contributed by atoms with Gasteiger partial charge in [-0.25, -0.2) is 0 Å². The summed E-state index contributed by atoms with van der Waals surface area (Å²) in [4.78, 5) is 0. The summed E-state index contributed by atoms with van der Waals surface area (Å²) in [5, 5.41) is 0. The van der Waals surface area contributed by atoms with Gasteiger partial charge in [-0.2, -0.15) is 0 Å². The van der Waals surface area contributed by atoms with E-state index in [4.69, 9.17) is 6.53 Å². The van der Waals surface area contributed by atoms with Gasteiger partial charge < -0.3 is 0 Å². The second kappa shape index (κ2) is 4.07. The van der Waals surface area contributed by atoms with Gasteiger partial charge in [0.15, 0.2) is 0 Å². The first-order valence-electron chi connectivity index (χ1n) is 2.23. The van der Waals surface area contributed by atoms with Gasteiger partial charge in [0.25, 0.3) is 0 Å². The molecular formula is C4H10BIS. The number of alkyl halides is 1. The SMILES string of the molecule is B#[SH](C)C[C@H](C)I. The molecule has 3 heteroatoms. The maximum atomic E-state index is 5.55. The van der Waals surface area contributed by atoms with E-state index < -0.39 is 0 Å². The zero-order chi connectivity index (χ0) is 5.86. The average molecular weight is 228 g/mol. The first-order valence-corrected chi connectivity index (χ1v) is 5.51. The van der Waals surface area contributed by atoms with Crippen molar-refractivity contribution in [2.45, 2.75) is 10.8 Å². The Kier molecular flexibility index (Phi) is 4.73. The number of hydrogen-bond donors (Lipinski definition) is 1. The Morgan fingerprint density at radius 3 is 2.29 bits per heavy atom. The van der Waals surface area contributed by atoms with Gasteiger partial charge >= 0.3 is 62.1 Å². The van der Waals surface area contributed by atoms with Crippen LogP contribution in [0, 0.1) is 0 Å². The molecule has 0 spiro atoms. The quantitative estimate of drug-likeness (QED) is 0.299. The zero-order valence-corrected chi connectivity index (χ0v) is 7.74. The number of rotatable bonds is 1. The van der Waals surface area contributed by atoms with Crippen molar-refractivity contribution in [2.75, 3.05) is 12.0 Å². The summed E-state index contributed by atoms with van der Waals surface area (Å²) in [7, 11) is -0.147. The van der Waals surface area contributed by atoms with E-state index in [1.165, 1.54) is 5.75 Å². The predicted octanol–water partition coefficient (Wildman–Crippen LogP) is 1.52. The molecule has 0 aliphatic heterocycles. The number of thiol groups is 1. The Labute approximate surface area is 62.0 Å². The second-order valence-corrected chi connectivity index (χ2v) is 5.73. The van der Waals surface area contributed by atoms with E-state index in [0.29, 0.717) is 0 Å². The molecule has 0 radical (unpaired) electrons. The van der Waals surface area contributed by atoms with Crippen molar-refractivity contribution in [3.8, 4) is 0 Å². The third-order valence-electron chi connectivity index (χ3n) is 0.540. The van der Waals surface area contributed by atoms with Gasteiger partial charge in [-0.05, 0) is 0 Å². The van der Waals surface area contributed by atoms with Crippen molar-refractivity contribution in [2.24, 2.45) is 0 Å². The molecule has 0 saturated carbocycles. The molecule has 0 fully saturated rings. The number of halogens is 1. The van der Waals surface area contributed by atoms with Crippen LogP contribution in [0.25, 0.3) is 0 Å². The van der Waals surface area contributed by atoms with Gasteiger partial charge in [-0.3, -0.25) is 0 Å². The van der Waals surface area contributed by atoms with Crippen LogP contribution in [-0.2, 0) is 0 Å². The molecule has 0 N–H and O–H groups in total. The Morgan fingerprint density at radius 2 is 2.29 bits per heavy atom. The first kappa shape index (κ1) is 8.14. The standard InChI is InChI=1S/C4H10BIS/c1-4(6)3-7(2)5/h4,7H,3H2,1-2H3/t4-/m0/s1. The minimum atomic E-state index is -0.147. The molecule has 0 aliphatic carbocycles. The van der Waals surface area contributed by atoms with E-state index in [2.05, 4.69) is 35.8 Å². The van der Waals surface area contributed by atoms with Crippen LogP contribution in [0.15, 0.2) is 0 Å². The van der Waals surface area contributed by atoms with Crippen molar-refractivity contribution < 1.29 is 0 Å². The molecule has 0 aromatic carbocycles. The molecule has 0 saturated heterocycles. The summed E-state index contributed by atoms with van der Waals surface area (Å²) in [5.74, 6) is 1.19. The predicted molar refractivity (Wildman–Crippen MR) is 49.0 cm³/mol. The minimum absolute atomic E-state index is 0.147. The van der Waals surface area contributed by atoms with Crippen LogP contribution in [0.3, 0.4) is 0 Å². The molecule has 0 bridgehead atoms. The Balaban J connectivity index is 3.19. The van der Waals surface area contributed by atoms with Gasteiger partial charge in [-0.15, -0.1) is 0 Å². The van der Waals surface area contributed by atoms with Crippen molar-refractivity contribution >= 4 is 39.3 Å². The molecular weight excluding hydrogens is 218 g/mol. The third kappa shape index (κ3) is 7.14. The molecule has 0 rings (SSSR count). The van der Waals surface area contributed by atoms with E-state index in [0.717, 1.165) is 3.92 Å². The van der Waals surface area contributed by atoms with Gasteiger partial charge in [0.05, 0.1) is 0 Å². The fourth-order valence-electron chi connectivity index (χ4n) is 0.397. The van der Waals surface area contributed by atoms with Crippen molar-refractivity contribution in [1.82, 2.24) is 0 Å². The summed E-state index contributed by atoms with van der Waals surface area (Å²) in [6.45, 7) is 7.74. The van der Waals surface area contributed by atoms with Crippen LogP contribution >= 0.6 is 32.7 Å². The van der Waals surface area contributed by atoms with Crippen LogP contribution in [0.5, 0.6) is 0 Å². The summed E-state index contributed by atoms with van der Waals surface area (Å²) < 4.78 is 0.749. The Bertz CT molecular complexity index is 102. The van der Waals surface area contributed by atoms with Gasteiger partial charge in [0, 0.05) is 0 Å². The van der Waals surface area contributed by atoms with Crippen LogP contribution in [0.1, 0.15) is 6.92 Å². The summed E-state index contributed by atoms with van der Waals surface area (Å²) in [6, 6.07) is 0. The van der Waals surface area contributed by atoms with Gasteiger partial charge in [0.1, 0.15) is 0 Å². The van der Waals surface area contributed by atoms with E-state index in [1.54, 1.807) is 0 Å². The van der Waals surface area contributed by atoms with Gasteiger partial charge in [-0.1, -0.05) is 0 Å². The second-order valence-electron chi connectivity index (χ2n) is 1.72. The van der Waals surface area contributed by atoms with E-state index in [9.17, 15) is 0 Å². The zero-order valence-electron chi connectivity index (χ0n) is 4.69.